The molecule has 0 spiro atoms. The second-order valence-corrected chi connectivity index (χ2v) is 10.3. The number of sulfonamides is 1. The smallest absolute Gasteiger partial charge is 0.281 e. The summed E-state index contributed by atoms with van der Waals surface area (Å²) in [5.74, 6) is -0.394. The van der Waals surface area contributed by atoms with Gasteiger partial charge in [-0.3, -0.25) is 9.59 Å². The monoisotopic (exact) mass is 494 g/mol. The van der Waals surface area contributed by atoms with E-state index in [1.54, 1.807) is 48.5 Å². The summed E-state index contributed by atoms with van der Waals surface area (Å²) in [4.78, 5) is 32.4. The zero-order chi connectivity index (χ0) is 24.3. The number of hydrogen-bond donors (Lipinski definition) is 2. The van der Waals surface area contributed by atoms with Gasteiger partial charge in [0.15, 0.2) is 5.16 Å². The molecule has 0 atom stereocenters. The number of carbonyl (C=O) groups excluding carboxylic acids is 1. The number of benzene rings is 3. The lowest BCUT2D eigenvalue weighted by Gasteiger charge is -2.15. The van der Waals surface area contributed by atoms with E-state index in [0.29, 0.717) is 11.2 Å². The van der Waals surface area contributed by atoms with Crippen molar-refractivity contribution in [3.8, 4) is 0 Å². The number of hydrogen-bond acceptors (Lipinski definition) is 6. The molecule has 0 aliphatic rings. The lowest BCUT2D eigenvalue weighted by Crippen LogP contribution is -2.35. The third kappa shape index (κ3) is 5.29. The Kier molecular flexibility index (Phi) is 6.71. The summed E-state index contributed by atoms with van der Waals surface area (Å²) < 4.78 is 26.8. The summed E-state index contributed by atoms with van der Waals surface area (Å²) in [5, 5.41) is 3.08. The van der Waals surface area contributed by atoms with Gasteiger partial charge in [0.2, 0.25) is 5.91 Å². The molecule has 4 rings (SSSR count). The average molecular weight is 495 g/mol. The van der Waals surface area contributed by atoms with Gasteiger partial charge >= 0.3 is 0 Å². The maximum atomic E-state index is 13.2. The summed E-state index contributed by atoms with van der Waals surface area (Å²) in [5.41, 5.74) is 2.43. The van der Waals surface area contributed by atoms with E-state index in [0.717, 1.165) is 27.6 Å². The van der Waals surface area contributed by atoms with Crippen molar-refractivity contribution in [2.45, 2.75) is 23.9 Å². The molecule has 34 heavy (non-hydrogen) atoms. The van der Waals surface area contributed by atoms with Crippen LogP contribution in [0.15, 0.2) is 87.6 Å². The quantitative estimate of drug-likeness (QED) is 0.300. The normalized spacial score (nSPS) is 11.4. The predicted octanol–water partition coefficient (Wildman–Crippen LogP) is 3.68. The highest BCUT2D eigenvalue weighted by Gasteiger charge is 2.20. The number of rotatable bonds is 7. The first-order valence-corrected chi connectivity index (χ1v) is 12.8. The van der Waals surface area contributed by atoms with Crippen molar-refractivity contribution in [1.82, 2.24) is 9.66 Å². The van der Waals surface area contributed by atoms with E-state index in [1.807, 2.05) is 26.0 Å². The van der Waals surface area contributed by atoms with Crippen LogP contribution in [-0.2, 0) is 14.8 Å². The van der Waals surface area contributed by atoms with Gasteiger partial charge in [0.05, 0.1) is 21.6 Å². The number of nitrogens with one attached hydrogen (secondary N) is 2. The fourth-order valence-corrected chi connectivity index (χ4v) is 4.96. The Morgan fingerprint density at radius 2 is 1.56 bits per heavy atom. The van der Waals surface area contributed by atoms with E-state index in [-0.39, 0.29) is 27.1 Å². The lowest BCUT2D eigenvalue weighted by molar-refractivity contribution is -0.113. The number of aromatic nitrogens is 2. The molecular formula is C24H22N4O4S2. The Balaban J connectivity index is 1.64. The van der Waals surface area contributed by atoms with E-state index in [9.17, 15) is 18.0 Å². The second kappa shape index (κ2) is 9.70. The molecule has 1 aromatic heterocycles. The molecular weight excluding hydrogens is 472 g/mol. The van der Waals surface area contributed by atoms with Crippen LogP contribution in [0.5, 0.6) is 0 Å². The largest absolute Gasteiger partial charge is 0.325 e. The van der Waals surface area contributed by atoms with Crippen LogP contribution in [0.2, 0.25) is 0 Å². The first kappa shape index (κ1) is 23.5. The minimum Gasteiger partial charge on any atom is -0.325 e. The highest BCUT2D eigenvalue weighted by molar-refractivity contribution is 7.99. The van der Waals surface area contributed by atoms with Gasteiger partial charge in [-0.05, 0) is 50.2 Å². The van der Waals surface area contributed by atoms with Crippen molar-refractivity contribution < 1.29 is 13.2 Å². The van der Waals surface area contributed by atoms with Crippen molar-refractivity contribution in [3.63, 3.8) is 0 Å². The molecule has 0 saturated heterocycles. The molecule has 0 radical (unpaired) electrons. The zero-order valence-corrected chi connectivity index (χ0v) is 20.1. The number of fused-ring (bicyclic) bond motifs is 1. The summed E-state index contributed by atoms with van der Waals surface area (Å²) in [6.45, 7) is 3.79. The number of amides is 1. The molecule has 0 aliphatic carbocycles. The highest BCUT2D eigenvalue weighted by atomic mass is 32.2. The number of para-hydroxylation sites is 1. The van der Waals surface area contributed by atoms with Gasteiger partial charge in [-0.1, -0.05) is 59.3 Å². The van der Waals surface area contributed by atoms with Crippen molar-refractivity contribution >= 4 is 44.3 Å². The van der Waals surface area contributed by atoms with Gasteiger partial charge in [-0.15, -0.1) is 0 Å². The summed E-state index contributed by atoms with van der Waals surface area (Å²) in [7, 11) is -4.08. The topological polar surface area (TPSA) is 110 Å². The fraction of sp³-hybridized carbons (Fsp3) is 0.125. The number of carbonyl (C=O) groups is 1. The third-order valence-corrected chi connectivity index (χ3v) is 7.21. The summed E-state index contributed by atoms with van der Waals surface area (Å²) >= 11 is 0.958. The molecule has 10 heteroatoms. The Bertz CT molecular complexity index is 1510. The van der Waals surface area contributed by atoms with Crippen molar-refractivity contribution in [2.75, 3.05) is 15.9 Å². The van der Waals surface area contributed by atoms with Gasteiger partial charge in [0.1, 0.15) is 0 Å². The van der Waals surface area contributed by atoms with Gasteiger partial charge in [-0.2, -0.15) is 13.1 Å². The Morgan fingerprint density at radius 1 is 0.941 bits per heavy atom. The maximum absolute atomic E-state index is 13.2. The van der Waals surface area contributed by atoms with Crippen LogP contribution in [-0.4, -0.2) is 29.7 Å². The van der Waals surface area contributed by atoms with E-state index < -0.39 is 15.6 Å². The van der Waals surface area contributed by atoms with E-state index in [2.05, 4.69) is 15.1 Å². The average Bonchev–Trinajstić information content (AvgIpc) is 2.81. The van der Waals surface area contributed by atoms with E-state index in [4.69, 9.17) is 0 Å². The van der Waals surface area contributed by atoms with Gasteiger partial charge in [0, 0.05) is 5.69 Å². The first-order valence-electron chi connectivity index (χ1n) is 10.3. The molecule has 174 valence electrons. The van der Waals surface area contributed by atoms with E-state index in [1.165, 1.54) is 12.1 Å². The summed E-state index contributed by atoms with van der Waals surface area (Å²) in [6, 6.07) is 20.2. The van der Waals surface area contributed by atoms with Crippen LogP contribution in [0.3, 0.4) is 0 Å². The fourth-order valence-electron chi connectivity index (χ4n) is 3.14. The van der Waals surface area contributed by atoms with Crippen LogP contribution < -0.4 is 15.7 Å². The highest BCUT2D eigenvalue weighted by Crippen LogP contribution is 2.19. The SMILES string of the molecule is Cc1ccc(NC(=O)CSc2nc3ccccc3c(=O)n2NS(=O)(=O)c2ccc(C)cc2)cc1. The Labute approximate surface area is 201 Å². The van der Waals surface area contributed by atoms with Gasteiger partial charge in [0.25, 0.3) is 15.6 Å². The van der Waals surface area contributed by atoms with Crippen LogP contribution >= 0.6 is 11.8 Å². The predicted molar refractivity (Wildman–Crippen MR) is 134 cm³/mol. The minimum absolute atomic E-state index is 0.00576. The number of thioether (sulfide) groups is 1. The standard InChI is InChI=1S/C24H22N4O4S2/c1-16-7-11-18(12-8-16)25-22(29)15-33-24-26-21-6-4-3-5-20(21)23(30)28(24)27-34(31,32)19-13-9-17(2)10-14-19/h3-14,27H,15H2,1-2H3,(H,25,29). The lowest BCUT2D eigenvalue weighted by atomic mass is 10.2. The van der Waals surface area contributed by atoms with Crippen molar-refractivity contribution in [1.29, 1.82) is 0 Å². The summed E-state index contributed by atoms with van der Waals surface area (Å²) in [6.07, 6.45) is 0. The molecule has 0 fully saturated rings. The number of nitrogens with zero attached hydrogens (tertiary/aromatic N) is 2. The zero-order valence-electron chi connectivity index (χ0n) is 18.5. The molecule has 3 aromatic carbocycles. The molecule has 0 saturated carbocycles. The van der Waals surface area contributed by atoms with Crippen LogP contribution in [0.25, 0.3) is 10.9 Å². The molecule has 1 amide bonds. The van der Waals surface area contributed by atoms with Gasteiger partial charge < -0.3 is 5.32 Å². The van der Waals surface area contributed by atoms with E-state index >= 15 is 0 Å². The van der Waals surface area contributed by atoms with Crippen molar-refractivity contribution in [3.05, 3.63) is 94.3 Å². The molecule has 0 unspecified atom stereocenters. The molecule has 8 nitrogen and oxygen atoms in total. The molecule has 2 N–H and O–H groups in total. The minimum atomic E-state index is -4.08. The number of anilines is 1. The molecule has 4 aromatic rings. The second-order valence-electron chi connectivity index (χ2n) is 7.66. The Hall–Kier alpha value is -3.63. The maximum Gasteiger partial charge on any atom is 0.281 e. The third-order valence-electron chi connectivity index (χ3n) is 4.96. The van der Waals surface area contributed by atoms with Crippen LogP contribution in [0.1, 0.15) is 11.1 Å². The van der Waals surface area contributed by atoms with Crippen LogP contribution in [0.4, 0.5) is 5.69 Å². The van der Waals surface area contributed by atoms with Crippen LogP contribution in [0, 0.1) is 13.8 Å². The Morgan fingerprint density at radius 3 is 2.24 bits per heavy atom. The van der Waals surface area contributed by atoms with Crippen molar-refractivity contribution in [2.24, 2.45) is 0 Å². The molecule has 1 heterocycles. The first-order chi connectivity index (χ1) is 16.2. The molecule has 0 bridgehead atoms. The molecule has 0 aliphatic heterocycles. The number of aryl methyl sites for hydroxylation is 2. The van der Waals surface area contributed by atoms with Gasteiger partial charge in [-0.25, -0.2) is 9.82 Å².